The second-order valence-electron chi connectivity index (χ2n) is 8.04. The van der Waals surface area contributed by atoms with Crippen LogP contribution in [0.1, 0.15) is 27.0 Å². The number of carbonyl (C=O) groups excluding carboxylic acids is 2. The van der Waals surface area contributed by atoms with Crippen molar-refractivity contribution in [1.82, 2.24) is 10.7 Å². The highest BCUT2D eigenvalue weighted by Crippen LogP contribution is 2.43. The lowest BCUT2D eigenvalue weighted by Crippen LogP contribution is -2.33. The van der Waals surface area contributed by atoms with Crippen LogP contribution in [0.2, 0.25) is 5.02 Å². The van der Waals surface area contributed by atoms with Gasteiger partial charge in [0.25, 0.3) is 11.8 Å². The molecule has 0 atom stereocenters. The fourth-order valence-electron chi connectivity index (χ4n) is 3.20. The number of phenols is 2. The molecule has 0 aliphatic carbocycles. The Morgan fingerprint density at radius 3 is 2.27 bits per heavy atom. The van der Waals surface area contributed by atoms with Crippen molar-refractivity contribution in [2.45, 2.75) is 6.92 Å². The summed E-state index contributed by atoms with van der Waals surface area (Å²) in [6, 6.07) is 13.8. The van der Waals surface area contributed by atoms with Crippen molar-refractivity contribution in [3.63, 3.8) is 0 Å². The summed E-state index contributed by atoms with van der Waals surface area (Å²) >= 11 is 12.5. The van der Waals surface area contributed by atoms with Crippen LogP contribution in [0.25, 0.3) is 6.08 Å². The summed E-state index contributed by atoms with van der Waals surface area (Å²) < 4.78 is 0.435. The summed E-state index contributed by atoms with van der Waals surface area (Å²) in [5.41, 5.74) is 4.89. The molecule has 2 amide bonds. The molecular weight excluding hydrogens is 628 g/mol. The van der Waals surface area contributed by atoms with Gasteiger partial charge in [-0.1, -0.05) is 35.9 Å². The van der Waals surface area contributed by atoms with Crippen LogP contribution in [0, 0.1) is 6.92 Å². The van der Waals surface area contributed by atoms with E-state index in [-0.39, 0.29) is 37.8 Å². The number of phenolic OH excluding ortho intramolecular Hbond substituents is 2. The molecule has 0 saturated heterocycles. The van der Waals surface area contributed by atoms with Gasteiger partial charge in [-0.15, -0.1) is 0 Å². The smallest absolute Gasteiger partial charge is 0.287 e. The largest absolute Gasteiger partial charge is 0.506 e. The van der Waals surface area contributed by atoms with Crippen LogP contribution in [0.15, 0.2) is 68.3 Å². The summed E-state index contributed by atoms with van der Waals surface area (Å²) in [5.74, 6) is -1.69. The molecule has 0 bridgehead atoms. The first-order chi connectivity index (χ1) is 17.5. The number of hydrogen-bond acceptors (Lipinski definition) is 6. The standard InChI is InChI=1S/C26H23Br2ClN4O4/c1-14-18(23(34)22(28)24(35)21(14)27)13-30-32-26(37)20(12-15-8-10-16(11-9-15)33(2)3)31-25(36)17-6-4-5-7-19(17)29/h4-13,34-35H,1-3H3,(H,31,36)(H,32,37)/b20-12+,30-13-. The van der Waals surface area contributed by atoms with Crippen molar-refractivity contribution in [2.75, 3.05) is 19.0 Å². The molecule has 0 spiro atoms. The molecule has 192 valence electrons. The van der Waals surface area contributed by atoms with Crippen LogP contribution in [-0.4, -0.2) is 42.3 Å². The third-order valence-corrected chi connectivity index (χ3v) is 7.35. The molecule has 3 aromatic carbocycles. The molecule has 0 unspecified atom stereocenters. The molecule has 0 aliphatic heterocycles. The molecule has 0 heterocycles. The second kappa shape index (κ2) is 12.3. The zero-order valence-electron chi connectivity index (χ0n) is 20.0. The molecule has 0 aromatic heterocycles. The highest BCUT2D eigenvalue weighted by atomic mass is 79.9. The Morgan fingerprint density at radius 2 is 1.65 bits per heavy atom. The molecule has 4 N–H and O–H groups in total. The van der Waals surface area contributed by atoms with Gasteiger partial charge in [-0.3, -0.25) is 9.59 Å². The maximum atomic E-state index is 13.1. The Bertz CT molecular complexity index is 1380. The van der Waals surface area contributed by atoms with Crippen molar-refractivity contribution in [2.24, 2.45) is 5.10 Å². The van der Waals surface area contributed by atoms with Gasteiger partial charge < -0.3 is 20.4 Å². The van der Waals surface area contributed by atoms with E-state index in [4.69, 9.17) is 11.6 Å². The molecule has 0 saturated carbocycles. The quantitative estimate of drug-likeness (QED) is 0.152. The minimum absolute atomic E-state index is 0.0753. The minimum Gasteiger partial charge on any atom is -0.506 e. The summed E-state index contributed by atoms with van der Waals surface area (Å²) in [4.78, 5) is 27.9. The summed E-state index contributed by atoms with van der Waals surface area (Å²) in [6.45, 7) is 1.66. The van der Waals surface area contributed by atoms with E-state index < -0.39 is 11.8 Å². The van der Waals surface area contributed by atoms with E-state index in [2.05, 4.69) is 47.7 Å². The maximum absolute atomic E-state index is 13.1. The highest BCUT2D eigenvalue weighted by molar-refractivity contribution is 9.11. The average molecular weight is 651 g/mol. The number of amides is 2. The summed E-state index contributed by atoms with van der Waals surface area (Å²) in [6.07, 6.45) is 2.74. The van der Waals surface area contributed by atoms with Crippen LogP contribution < -0.4 is 15.6 Å². The van der Waals surface area contributed by atoms with E-state index in [9.17, 15) is 19.8 Å². The third kappa shape index (κ3) is 6.71. The van der Waals surface area contributed by atoms with Gasteiger partial charge in [0.2, 0.25) is 0 Å². The molecule has 0 fully saturated rings. The summed E-state index contributed by atoms with van der Waals surface area (Å²) in [5, 5.41) is 27.2. The lowest BCUT2D eigenvalue weighted by Gasteiger charge is -2.13. The number of halogens is 3. The Balaban J connectivity index is 1.91. The average Bonchev–Trinajstić information content (AvgIpc) is 2.88. The first kappa shape index (κ1) is 28.2. The third-order valence-electron chi connectivity index (χ3n) is 5.30. The fourth-order valence-corrected chi connectivity index (χ4v) is 4.51. The van der Waals surface area contributed by atoms with E-state index >= 15 is 0 Å². The van der Waals surface area contributed by atoms with Crippen molar-refractivity contribution in [3.8, 4) is 11.5 Å². The van der Waals surface area contributed by atoms with Crippen LogP contribution >= 0.6 is 43.5 Å². The number of aromatic hydroxyl groups is 2. The fraction of sp³-hybridized carbons (Fsp3) is 0.115. The first-order valence-electron chi connectivity index (χ1n) is 10.8. The van der Waals surface area contributed by atoms with E-state index in [1.54, 1.807) is 43.3 Å². The monoisotopic (exact) mass is 648 g/mol. The number of nitrogens with zero attached hydrogens (tertiary/aromatic N) is 2. The van der Waals surface area contributed by atoms with Crippen LogP contribution in [0.4, 0.5) is 5.69 Å². The van der Waals surface area contributed by atoms with Gasteiger partial charge in [0, 0.05) is 25.3 Å². The normalized spacial score (nSPS) is 11.5. The van der Waals surface area contributed by atoms with Gasteiger partial charge in [0.05, 0.1) is 21.3 Å². The van der Waals surface area contributed by atoms with Crippen LogP contribution in [-0.2, 0) is 4.79 Å². The second-order valence-corrected chi connectivity index (χ2v) is 10.0. The number of nitrogens with one attached hydrogen (secondary N) is 2. The van der Waals surface area contributed by atoms with E-state index in [1.807, 2.05) is 31.1 Å². The van der Waals surface area contributed by atoms with E-state index in [1.165, 1.54) is 12.3 Å². The molecule has 0 aliphatic rings. The Hall–Kier alpha value is -3.34. The zero-order chi connectivity index (χ0) is 27.3. The van der Waals surface area contributed by atoms with Gasteiger partial charge in [-0.25, -0.2) is 5.43 Å². The molecule has 0 radical (unpaired) electrons. The Morgan fingerprint density at radius 1 is 1.00 bits per heavy atom. The number of hydrazone groups is 1. The molecule has 8 nitrogen and oxygen atoms in total. The number of benzene rings is 3. The van der Waals surface area contributed by atoms with E-state index in [0.717, 1.165) is 5.69 Å². The van der Waals surface area contributed by atoms with Crippen LogP contribution in [0.3, 0.4) is 0 Å². The van der Waals surface area contributed by atoms with Crippen molar-refractivity contribution >= 4 is 73.3 Å². The topological polar surface area (TPSA) is 114 Å². The minimum atomic E-state index is -0.706. The van der Waals surface area contributed by atoms with Gasteiger partial charge in [-0.2, -0.15) is 5.10 Å². The number of hydrogen-bond donors (Lipinski definition) is 4. The van der Waals surface area contributed by atoms with Gasteiger partial charge in [0.1, 0.15) is 21.7 Å². The molecule has 37 heavy (non-hydrogen) atoms. The summed E-state index contributed by atoms with van der Waals surface area (Å²) in [7, 11) is 3.83. The SMILES string of the molecule is Cc1c(Br)c(O)c(Br)c(O)c1/C=N\NC(=O)/C(=C\c1ccc(N(C)C)cc1)NC(=O)c1ccccc1Cl. The van der Waals surface area contributed by atoms with Gasteiger partial charge in [-0.05, 0) is 80.3 Å². The van der Waals surface area contributed by atoms with Crippen molar-refractivity contribution in [3.05, 3.63) is 90.4 Å². The van der Waals surface area contributed by atoms with Crippen molar-refractivity contribution < 1.29 is 19.8 Å². The van der Waals surface area contributed by atoms with E-state index in [0.29, 0.717) is 15.6 Å². The van der Waals surface area contributed by atoms with Gasteiger partial charge in [0.15, 0.2) is 0 Å². The zero-order valence-corrected chi connectivity index (χ0v) is 23.9. The van der Waals surface area contributed by atoms with Crippen LogP contribution in [0.5, 0.6) is 11.5 Å². The molecule has 3 rings (SSSR count). The predicted molar refractivity (Wildman–Crippen MR) is 153 cm³/mol. The maximum Gasteiger partial charge on any atom is 0.287 e. The predicted octanol–water partition coefficient (Wildman–Crippen LogP) is 5.57. The number of carbonyl (C=O) groups is 2. The Labute approximate surface area is 235 Å². The Kier molecular flexibility index (Phi) is 9.36. The lowest BCUT2D eigenvalue weighted by atomic mass is 10.1. The number of rotatable bonds is 7. The first-order valence-corrected chi connectivity index (χ1v) is 12.8. The highest BCUT2D eigenvalue weighted by Gasteiger charge is 2.19. The lowest BCUT2D eigenvalue weighted by molar-refractivity contribution is -0.117. The molecular formula is C26H23Br2ClN4O4. The molecule has 3 aromatic rings. The van der Waals surface area contributed by atoms with Crippen molar-refractivity contribution in [1.29, 1.82) is 0 Å². The van der Waals surface area contributed by atoms with Gasteiger partial charge >= 0.3 is 0 Å². The molecule has 11 heteroatoms. The number of anilines is 1.